The van der Waals surface area contributed by atoms with Crippen LogP contribution in [0.25, 0.3) is 0 Å². The molecule has 0 aliphatic carbocycles. The first-order chi connectivity index (χ1) is 3.18. The van der Waals surface area contributed by atoms with Gasteiger partial charge in [-0.05, 0) is 19.1 Å². The fraction of sp³-hybridized carbons (Fsp3) is 0.667. The Morgan fingerprint density at radius 1 is 2.00 bits per heavy atom. The molecule has 0 fully saturated rings. The first-order valence-corrected chi connectivity index (χ1v) is 2.75. The van der Waals surface area contributed by atoms with E-state index in [4.69, 9.17) is 5.73 Å². The second kappa shape index (κ2) is 3.10. The summed E-state index contributed by atoms with van der Waals surface area (Å²) in [5.74, 6) is 0. The van der Waals surface area contributed by atoms with Gasteiger partial charge in [-0.15, -0.1) is 0 Å². The number of hydrogen-bond acceptors (Lipinski definition) is 2. The number of rotatable bonds is 1. The Labute approximate surface area is 54.2 Å². The number of thiol groups is 1. The van der Waals surface area contributed by atoms with Crippen LogP contribution in [0.5, 0.6) is 0 Å². The lowest BCUT2D eigenvalue weighted by atomic mass is 10.8. The van der Waals surface area contributed by atoms with Crippen molar-refractivity contribution in [1.82, 2.24) is 4.31 Å². The Bertz CT molecular complexity index is 73.3. The third kappa shape index (κ3) is 2.70. The van der Waals surface area contributed by atoms with Gasteiger partial charge in [-0.25, -0.2) is 0 Å². The first kappa shape index (κ1) is 7.04. The molecule has 0 unspecified atom stereocenters. The summed E-state index contributed by atoms with van der Waals surface area (Å²) in [7, 11) is 0. The molecule has 0 saturated carbocycles. The summed E-state index contributed by atoms with van der Waals surface area (Å²) in [5.41, 5.74) is 5.13. The third-order valence-corrected chi connectivity index (χ3v) is 1.41. The second-order valence-electron chi connectivity index (χ2n) is 1.05. The van der Waals surface area contributed by atoms with Crippen molar-refractivity contribution in [2.24, 2.45) is 5.73 Å². The molecular weight excluding hydrogens is 128 g/mol. The monoisotopic (exact) mass is 136 g/mol. The summed E-state index contributed by atoms with van der Waals surface area (Å²) in [4.78, 5) is 0. The van der Waals surface area contributed by atoms with Gasteiger partial charge in [0.25, 0.3) is 0 Å². The first-order valence-electron chi connectivity index (χ1n) is 1.94. The molecule has 0 heterocycles. The SMILES string of the molecule is CCN(S)C(N)=S. The maximum atomic E-state index is 5.13. The highest BCUT2D eigenvalue weighted by atomic mass is 32.1. The summed E-state index contributed by atoms with van der Waals surface area (Å²) in [6.07, 6.45) is 0. The van der Waals surface area contributed by atoms with Crippen LogP contribution in [0.2, 0.25) is 0 Å². The molecular formula is C3H8N2S2. The number of hydrogen-bond donors (Lipinski definition) is 2. The van der Waals surface area contributed by atoms with E-state index in [0.717, 1.165) is 6.54 Å². The smallest absolute Gasteiger partial charge is 0.176 e. The average molecular weight is 136 g/mol. The van der Waals surface area contributed by atoms with Gasteiger partial charge in [-0.3, -0.25) is 4.31 Å². The molecule has 7 heavy (non-hydrogen) atoms. The molecule has 0 radical (unpaired) electrons. The summed E-state index contributed by atoms with van der Waals surface area (Å²) >= 11 is 8.44. The van der Waals surface area contributed by atoms with E-state index in [9.17, 15) is 0 Å². The van der Waals surface area contributed by atoms with E-state index in [1.54, 1.807) is 0 Å². The van der Waals surface area contributed by atoms with Crippen LogP contribution in [0.4, 0.5) is 0 Å². The van der Waals surface area contributed by atoms with Crippen molar-refractivity contribution in [2.75, 3.05) is 6.54 Å². The highest BCUT2D eigenvalue weighted by molar-refractivity contribution is 7.84. The largest absolute Gasteiger partial charge is 0.375 e. The van der Waals surface area contributed by atoms with E-state index >= 15 is 0 Å². The Morgan fingerprint density at radius 2 is 2.43 bits per heavy atom. The van der Waals surface area contributed by atoms with Crippen LogP contribution in [0, 0.1) is 0 Å². The molecule has 0 rings (SSSR count). The van der Waals surface area contributed by atoms with Gasteiger partial charge >= 0.3 is 0 Å². The van der Waals surface area contributed by atoms with E-state index in [2.05, 4.69) is 25.0 Å². The molecule has 0 aliphatic heterocycles. The molecule has 0 aromatic rings. The van der Waals surface area contributed by atoms with Crippen molar-refractivity contribution < 1.29 is 0 Å². The molecule has 0 aliphatic rings. The lowest BCUT2D eigenvalue weighted by Crippen LogP contribution is -2.26. The van der Waals surface area contributed by atoms with Crippen molar-refractivity contribution >= 4 is 30.1 Å². The summed E-state index contributed by atoms with van der Waals surface area (Å²) < 4.78 is 1.50. The Hall–Kier alpha value is 0.0400. The summed E-state index contributed by atoms with van der Waals surface area (Å²) in [6, 6.07) is 0. The fourth-order valence-electron chi connectivity index (χ4n) is 0.156. The van der Waals surface area contributed by atoms with E-state index in [0.29, 0.717) is 5.11 Å². The number of nitrogens with zero attached hydrogens (tertiary/aromatic N) is 1. The Kier molecular flexibility index (Phi) is 3.11. The normalized spacial score (nSPS) is 8.29. The van der Waals surface area contributed by atoms with E-state index in [1.165, 1.54) is 4.31 Å². The number of thiocarbonyl (C=S) groups is 1. The average Bonchev–Trinajstić information content (AvgIpc) is 1.65. The van der Waals surface area contributed by atoms with Gasteiger partial charge in [0, 0.05) is 6.54 Å². The van der Waals surface area contributed by atoms with Crippen LogP contribution >= 0.6 is 25.0 Å². The lowest BCUT2D eigenvalue weighted by molar-refractivity contribution is 0.729. The van der Waals surface area contributed by atoms with E-state index < -0.39 is 0 Å². The zero-order valence-electron chi connectivity index (χ0n) is 4.09. The predicted molar refractivity (Wildman–Crippen MR) is 38.2 cm³/mol. The molecule has 0 amide bonds. The quantitative estimate of drug-likeness (QED) is 0.404. The minimum atomic E-state index is 0.325. The van der Waals surface area contributed by atoms with E-state index in [-0.39, 0.29) is 0 Å². The van der Waals surface area contributed by atoms with Crippen molar-refractivity contribution in [2.45, 2.75) is 6.92 Å². The molecule has 42 valence electrons. The molecule has 0 saturated heterocycles. The fourth-order valence-corrected chi connectivity index (χ4v) is 0.285. The van der Waals surface area contributed by atoms with Gasteiger partial charge < -0.3 is 5.73 Å². The van der Waals surface area contributed by atoms with Crippen molar-refractivity contribution in [3.63, 3.8) is 0 Å². The molecule has 0 spiro atoms. The minimum Gasteiger partial charge on any atom is -0.375 e. The van der Waals surface area contributed by atoms with Crippen LogP contribution in [0.3, 0.4) is 0 Å². The highest BCUT2D eigenvalue weighted by Crippen LogP contribution is 1.88. The number of nitrogens with two attached hydrogens (primary N) is 1. The van der Waals surface area contributed by atoms with Crippen LogP contribution in [0.1, 0.15) is 6.92 Å². The molecule has 2 N–H and O–H groups in total. The Morgan fingerprint density at radius 3 is 2.43 bits per heavy atom. The van der Waals surface area contributed by atoms with Crippen molar-refractivity contribution in [3.05, 3.63) is 0 Å². The molecule has 2 nitrogen and oxygen atoms in total. The maximum absolute atomic E-state index is 5.13. The third-order valence-electron chi connectivity index (χ3n) is 0.554. The van der Waals surface area contributed by atoms with Gasteiger partial charge in [0.1, 0.15) is 0 Å². The van der Waals surface area contributed by atoms with Crippen molar-refractivity contribution in [3.8, 4) is 0 Å². The van der Waals surface area contributed by atoms with Crippen LogP contribution in [0.15, 0.2) is 0 Å². The van der Waals surface area contributed by atoms with Crippen LogP contribution in [-0.4, -0.2) is 16.0 Å². The highest BCUT2D eigenvalue weighted by Gasteiger charge is 1.91. The van der Waals surface area contributed by atoms with Crippen molar-refractivity contribution in [1.29, 1.82) is 0 Å². The van der Waals surface area contributed by atoms with Crippen LogP contribution < -0.4 is 5.73 Å². The zero-order valence-corrected chi connectivity index (χ0v) is 5.80. The second-order valence-corrected chi connectivity index (χ2v) is 1.96. The van der Waals surface area contributed by atoms with E-state index in [1.807, 2.05) is 6.92 Å². The molecule has 0 aromatic heterocycles. The van der Waals surface area contributed by atoms with Gasteiger partial charge in [0.2, 0.25) is 0 Å². The van der Waals surface area contributed by atoms with Gasteiger partial charge in [-0.1, -0.05) is 12.8 Å². The minimum absolute atomic E-state index is 0.325. The molecule has 0 bridgehead atoms. The van der Waals surface area contributed by atoms with Gasteiger partial charge in [-0.2, -0.15) is 0 Å². The van der Waals surface area contributed by atoms with Crippen LogP contribution in [-0.2, 0) is 0 Å². The predicted octanol–water partition coefficient (Wildman–Crippen LogP) is 0.397. The molecule has 4 heteroatoms. The van der Waals surface area contributed by atoms with Gasteiger partial charge in [0.15, 0.2) is 5.11 Å². The standard InChI is InChI=1S/C3H8N2S2/c1-2-5(7)3(4)6/h7H,2H2,1H3,(H2,4,6). The molecule has 0 aromatic carbocycles. The summed E-state index contributed by atoms with van der Waals surface area (Å²) in [6.45, 7) is 2.67. The topological polar surface area (TPSA) is 29.3 Å². The zero-order chi connectivity index (χ0) is 5.86. The Balaban J connectivity index is 3.34. The summed E-state index contributed by atoms with van der Waals surface area (Å²) in [5, 5.41) is 0.325. The maximum Gasteiger partial charge on any atom is 0.176 e. The van der Waals surface area contributed by atoms with Gasteiger partial charge in [0.05, 0.1) is 0 Å². The lowest BCUT2D eigenvalue weighted by Gasteiger charge is -2.09. The molecule has 0 atom stereocenters.